The fourth-order valence-electron chi connectivity index (χ4n) is 1.36. The largest absolute Gasteiger partial charge is 0.392 e. The van der Waals surface area contributed by atoms with Gasteiger partial charge in [0.15, 0.2) is 10.9 Å². The van der Waals surface area contributed by atoms with Gasteiger partial charge in [-0.05, 0) is 18.6 Å². The number of nitrogens with zero attached hydrogens (tertiary/aromatic N) is 4. The van der Waals surface area contributed by atoms with Gasteiger partial charge < -0.3 is 5.11 Å². The van der Waals surface area contributed by atoms with Crippen LogP contribution in [0.3, 0.4) is 0 Å². The fourth-order valence-corrected chi connectivity index (χ4v) is 2.49. The molecule has 3 N–H and O–H groups in total. The van der Waals surface area contributed by atoms with E-state index in [0.29, 0.717) is 5.56 Å². The van der Waals surface area contributed by atoms with Gasteiger partial charge in [0.05, 0.1) is 12.6 Å². The van der Waals surface area contributed by atoms with Crippen LogP contribution in [0.1, 0.15) is 24.4 Å². The molecular weight excluding hydrogens is 272 g/mol. The Morgan fingerprint density at radius 2 is 2.26 bits per heavy atom. The van der Waals surface area contributed by atoms with E-state index in [1.165, 1.54) is 18.3 Å². The highest BCUT2D eigenvalue weighted by Crippen LogP contribution is 2.12. The summed E-state index contributed by atoms with van der Waals surface area (Å²) in [6, 6.07) is 2.17. The number of H-pyrrole nitrogens is 1. The summed E-state index contributed by atoms with van der Waals surface area (Å²) in [6.07, 6.45) is 1.30. The molecule has 0 aliphatic rings. The van der Waals surface area contributed by atoms with Gasteiger partial charge in [-0.1, -0.05) is 11.3 Å². The molecule has 10 heteroatoms. The summed E-state index contributed by atoms with van der Waals surface area (Å²) in [7, 11) is -3.77. The molecule has 2 aromatic rings. The number of aliphatic hydroxyl groups is 1. The van der Waals surface area contributed by atoms with Crippen LogP contribution in [-0.4, -0.2) is 39.1 Å². The molecule has 102 valence electrons. The van der Waals surface area contributed by atoms with E-state index in [1.54, 1.807) is 6.92 Å². The van der Waals surface area contributed by atoms with E-state index < -0.39 is 16.1 Å². The average molecular weight is 284 g/mol. The van der Waals surface area contributed by atoms with Crippen LogP contribution >= 0.6 is 0 Å². The molecular formula is C9H12N6O3S. The van der Waals surface area contributed by atoms with E-state index in [-0.39, 0.29) is 17.5 Å². The summed E-state index contributed by atoms with van der Waals surface area (Å²) in [5, 5.41) is 21.7. The Hall–Kier alpha value is -1.91. The average Bonchev–Trinajstić information content (AvgIpc) is 2.92. The number of aliphatic hydroxyl groups excluding tert-OH is 1. The summed E-state index contributed by atoms with van der Waals surface area (Å²) >= 11 is 0. The summed E-state index contributed by atoms with van der Waals surface area (Å²) < 4.78 is 26.4. The lowest BCUT2D eigenvalue weighted by Gasteiger charge is -2.10. The van der Waals surface area contributed by atoms with Crippen LogP contribution in [0, 0.1) is 0 Å². The molecule has 0 bridgehead atoms. The third kappa shape index (κ3) is 3.10. The molecule has 19 heavy (non-hydrogen) atoms. The van der Waals surface area contributed by atoms with Crippen molar-refractivity contribution in [2.75, 3.05) is 0 Å². The molecule has 0 aromatic carbocycles. The number of pyridine rings is 1. The SMILES string of the molecule is CC(NS(=O)(=O)c1ccc(CO)cn1)c1nn[nH]n1. The quantitative estimate of drug-likeness (QED) is 0.649. The van der Waals surface area contributed by atoms with Gasteiger partial charge in [-0.3, -0.25) is 0 Å². The molecule has 0 saturated heterocycles. The number of nitrogens with one attached hydrogen (secondary N) is 2. The van der Waals surface area contributed by atoms with Crippen molar-refractivity contribution < 1.29 is 13.5 Å². The molecule has 1 atom stereocenters. The zero-order valence-corrected chi connectivity index (χ0v) is 10.8. The predicted octanol–water partition coefficient (Wildman–Crippen LogP) is -0.874. The van der Waals surface area contributed by atoms with Crippen LogP contribution in [0.5, 0.6) is 0 Å². The molecule has 9 nitrogen and oxygen atoms in total. The van der Waals surface area contributed by atoms with E-state index in [9.17, 15) is 8.42 Å². The van der Waals surface area contributed by atoms with Crippen molar-refractivity contribution in [2.24, 2.45) is 0 Å². The fraction of sp³-hybridized carbons (Fsp3) is 0.333. The lowest BCUT2D eigenvalue weighted by atomic mass is 10.3. The van der Waals surface area contributed by atoms with Crippen molar-refractivity contribution in [2.45, 2.75) is 24.6 Å². The Bertz CT molecular complexity index is 624. The van der Waals surface area contributed by atoms with Crippen LogP contribution < -0.4 is 4.72 Å². The van der Waals surface area contributed by atoms with Crippen LogP contribution in [0.4, 0.5) is 0 Å². The van der Waals surface area contributed by atoms with Gasteiger partial charge in [-0.15, -0.1) is 10.2 Å². The number of rotatable bonds is 5. The van der Waals surface area contributed by atoms with Gasteiger partial charge in [-0.2, -0.15) is 9.94 Å². The zero-order valence-electron chi connectivity index (χ0n) is 9.98. The number of aromatic nitrogens is 5. The number of tetrazole rings is 1. The molecule has 0 aliphatic heterocycles. The van der Waals surface area contributed by atoms with Gasteiger partial charge in [-0.25, -0.2) is 13.4 Å². The minimum Gasteiger partial charge on any atom is -0.392 e. The molecule has 0 radical (unpaired) electrons. The highest BCUT2D eigenvalue weighted by Gasteiger charge is 2.21. The number of hydrogen-bond donors (Lipinski definition) is 3. The molecule has 0 fully saturated rings. The first-order valence-electron chi connectivity index (χ1n) is 5.34. The van der Waals surface area contributed by atoms with E-state index >= 15 is 0 Å². The third-order valence-corrected chi connectivity index (χ3v) is 3.79. The van der Waals surface area contributed by atoms with Crippen LogP contribution in [0.2, 0.25) is 0 Å². The van der Waals surface area contributed by atoms with Crippen molar-refractivity contribution in [3.63, 3.8) is 0 Å². The number of sulfonamides is 1. The normalized spacial score (nSPS) is 13.4. The molecule has 2 rings (SSSR count). The second kappa shape index (κ2) is 5.38. The zero-order chi connectivity index (χ0) is 13.9. The van der Waals surface area contributed by atoms with Crippen LogP contribution in [-0.2, 0) is 16.6 Å². The molecule has 0 spiro atoms. The van der Waals surface area contributed by atoms with Crippen molar-refractivity contribution in [1.29, 1.82) is 0 Å². The number of aromatic amines is 1. The maximum absolute atomic E-state index is 12.0. The smallest absolute Gasteiger partial charge is 0.258 e. The van der Waals surface area contributed by atoms with Gasteiger partial charge >= 0.3 is 0 Å². The highest BCUT2D eigenvalue weighted by molar-refractivity contribution is 7.89. The molecule has 0 saturated carbocycles. The Morgan fingerprint density at radius 3 is 2.79 bits per heavy atom. The maximum Gasteiger partial charge on any atom is 0.258 e. The Kier molecular flexibility index (Phi) is 3.83. The topological polar surface area (TPSA) is 134 Å². The third-order valence-electron chi connectivity index (χ3n) is 2.34. The van der Waals surface area contributed by atoms with E-state index in [2.05, 4.69) is 30.3 Å². The molecule has 1 unspecified atom stereocenters. The van der Waals surface area contributed by atoms with Crippen molar-refractivity contribution in [1.82, 2.24) is 30.3 Å². The van der Waals surface area contributed by atoms with Gasteiger partial charge in [0, 0.05) is 6.20 Å². The van der Waals surface area contributed by atoms with Crippen LogP contribution in [0.15, 0.2) is 23.4 Å². The highest BCUT2D eigenvalue weighted by atomic mass is 32.2. The first-order valence-corrected chi connectivity index (χ1v) is 6.82. The Labute approximate surface area is 109 Å². The molecule has 2 aromatic heterocycles. The lowest BCUT2D eigenvalue weighted by molar-refractivity contribution is 0.281. The summed E-state index contributed by atoms with van der Waals surface area (Å²) in [4.78, 5) is 3.78. The minimum atomic E-state index is -3.77. The second-order valence-electron chi connectivity index (χ2n) is 3.78. The minimum absolute atomic E-state index is 0.139. The summed E-state index contributed by atoms with van der Waals surface area (Å²) in [5.74, 6) is 0.232. The van der Waals surface area contributed by atoms with E-state index in [1.807, 2.05) is 0 Å². The first-order chi connectivity index (χ1) is 9.03. The van der Waals surface area contributed by atoms with Gasteiger partial charge in [0.25, 0.3) is 10.0 Å². The predicted molar refractivity (Wildman–Crippen MR) is 63.1 cm³/mol. The summed E-state index contributed by atoms with van der Waals surface area (Å²) in [6.45, 7) is 1.39. The molecule has 0 amide bonds. The van der Waals surface area contributed by atoms with Crippen LogP contribution in [0.25, 0.3) is 0 Å². The summed E-state index contributed by atoms with van der Waals surface area (Å²) in [5.41, 5.74) is 0.533. The standard InChI is InChI=1S/C9H12N6O3S/c1-6(9-11-14-15-12-9)13-19(17,18)8-3-2-7(5-16)4-10-8/h2-4,6,13,16H,5H2,1H3,(H,11,12,14,15). The van der Waals surface area contributed by atoms with Crippen molar-refractivity contribution in [3.8, 4) is 0 Å². The van der Waals surface area contributed by atoms with Gasteiger partial charge in [0.2, 0.25) is 0 Å². The molecule has 2 heterocycles. The van der Waals surface area contributed by atoms with Gasteiger partial charge in [0.1, 0.15) is 0 Å². The lowest BCUT2D eigenvalue weighted by Crippen LogP contribution is -2.28. The van der Waals surface area contributed by atoms with E-state index in [4.69, 9.17) is 5.11 Å². The Morgan fingerprint density at radius 1 is 1.47 bits per heavy atom. The number of hydrogen-bond acceptors (Lipinski definition) is 7. The monoisotopic (exact) mass is 284 g/mol. The Balaban J connectivity index is 2.17. The second-order valence-corrected chi connectivity index (χ2v) is 5.44. The van der Waals surface area contributed by atoms with Crippen molar-refractivity contribution >= 4 is 10.0 Å². The molecule has 0 aliphatic carbocycles. The first kappa shape index (κ1) is 13.5. The maximum atomic E-state index is 12.0. The van der Waals surface area contributed by atoms with Crippen molar-refractivity contribution in [3.05, 3.63) is 29.7 Å². The van der Waals surface area contributed by atoms with E-state index in [0.717, 1.165) is 0 Å².